The summed E-state index contributed by atoms with van der Waals surface area (Å²) in [6, 6.07) is 4.18. The van der Waals surface area contributed by atoms with Crippen LogP contribution in [-0.4, -0.2) is 41.7 Å². The van der Waals surface area contributed by atoms with E-state index in [9.17, 15) is 20.2 Å². The second kappa shape index (κ2) is 6.29. The predicted molar refractivity (Wildman–Crippen MR) is 77.8 cm³/mol. The van der Waals surface area contributed by atoms with Gasteiger partial charge in [-0.1, -0.05) is 0 Å². The number of hydrogen-bond donors (Lipinski definition) is 0. The van der Waals surface area contributed by atoms with Crippen LogP contribution >= 0.6 is 0 Å². The van der Waals surface area contributed by atoms with Gasteiger partial charge in [-0.05, 0) is 18.2 Å². The van der Waals surface area contributed by atoms with Gasteiger partial charge in [0, 0.05) is 21.4 Å². The maximum Gasteiger partial charge on any atom is 0.230 e. The number of methoxy groups -OCH3 is 2. The molecule has 0 atom stereocenters. The van der Waals surface area contributed by atoms with Crippen molar-refractivity contribution in [2.75, 3.05) is 27.3 Å². The molecule has 0 unspecified atom stereocenters. The Morgan fingerprint density at radius 3 is 2.23 bits per heavy atom. The number of nitrogens with zero attached hydrogens (tertiary/aromatic N) is 3. The first-order valence-electron chi connectivity index (χ1n) is 6.43. The first-order chi connectivity index (χ1) is 10.5. The van der Waals surface area contributed by atoms with Crippen molar-refractivity contribution in [2.45, 2.75) is 6.04 Å². The minimum atomic E-state index is -0.874. The summed E-state index contributed by atoms with van der Waals surface area (Å²) in [6.45, 7) is -1.06. The Bertz CT molecular complexity index is 695. The third-order valence-electron chi connectivity index (χ3n) is 3.35. The Morgan fingerprint density at radius 2 is 1.73 bits per heavy atom. The summed E-state index contributed by atoms with van der Waals surface area (Å²) in [6.07, 6.45) is 1.59. The molecule has 9 nitrogen and oxygen atoms in total. The Labute approximate surface area is 125 Å². The van der Waals surface area contributed by atoms with E-state index in [4.69, 9.17) is 9.47 Å². The lowest BCUT2D eigenvalue weighted by atomic mass is 10.2. The standard InChI is InChI=1S/C13H15N3O6/c1-21-12-4-3-11-10(13(12)22-2)5-6-14(11)9(7-15(17)18)8-16(19)20/h3-6,9H,7-8H2,1-2H3. The molecule has 1 heterocycles. The van der Waals surface area contributed by atoms with Gasteiger partial charge < -0.3 is 14.0 Å². The van der Waals surface area contributed by atoms with Crippen molar-refractivity contribution in [1.29, 1.82) is 0 Å². The highest BCUT2D eigenvalue weighted by molar-refractivity contribution is 5.89. The van der Waals surface area contributed by atoms with Crippen molar-refractivity contribution in [3.8, 4) is 11.5 Å². The summed E-state index contributed by atoms with van der Waals surface area (Å²) >= 11 is 0. The normalized spacial score (nSPS) is 10.9. The second-order valence-electron chi connectivity index (χ2n) is 4.64. The molecule has 0 N–H and O–H groups in total. The summed E-state index contributed by atoms with van der Waals surface area (Å²) in [5.41, 5.74) is 0.617. The fraction of sp³-hybridized carbons (Fsp3) is 0.385. The fourth-order valence-electron chi connectivity index (χ4n) is 2.46. The molecule has 118 valence electrons. The lowest BCUT2D eigenvalue weighted by Gasteiger charge is -2.14. The number of aromatic nitrogens is 1. The maximum absolute atomic E-state index is 10.8. The predicted octanol–water partition coefficient (Wildman–Crippen LogP) is 1.75. The molecule has 0 bridgehead atoms. The number of ether oxygens (including phenoxy) is 2. The van der Waals surface area contributed by atoms with E-state index < -0.39 is 29.0 Å². The van der Waals surface area contributed by atoms with Crippen LogP contribution in [0, 0.1) is 20.2 Å². The van der Waals surface area contributed by atoms with Crippen molar-refractivity contribution >= 4 is 10.9 Å². The number of benzene rings is 1. The zero-order valence-corrected chi connectivity index (χ0v) is 12.1. The topological polar surface area (TPSA) is 110 Å². The van der Waals surface area contributed by atoms with Gasteiger partial charge in [-0.3, -0.25) is 20.2 Å². The van der Waals surface area contributed by atoms with Crippen LogP contribution in [0.1, 0.15) is 6.04 Å². The Hall–Kier alpha value is -2.84. The molecule has 1 aromatic heterocycles. The van der Waals surface area contributed by atoms with Crippen molar-refractivity contribution in [1.82, 2.24) is 4.57 Å². The highest BCUT2D eigenvalue weighted by atomic mass is 16.6. The van der Waals surface area contributed by atoms with Gasteiger partial charge in [0.25, 0.3) is 0 Å². The summed E-state index contributed by atoms with van der Waals surface area (Å²) in [4.78, 5) is 20.4. The molecule has 0 aliphatic heterocycles. The monoisotopic (exact) mass is 309 g/mol. The van der Waals surface area contributed by atoms with Crippen LogP contribution in [0.5, 0.6) is 11.5 Å². The molecule has 9 heteroatoms. The maximum atomic E-state index is 10.8. The average molecular weight is 309 g/mol. The van der Waals surface area contributed by atoms with Crippen LogP contribution in [-0.2, 0) is 0 Å². The fourth-order valence-corrected chi connectivity index (χ4v) is 2.46. The van der Waals surface area contributed by atoms with Gasteiger partial charge in [0.1, 0.15) is 0 Å². The van der Waals surface area contributed by atoms with Crippen molar-refractivity contribution < 1.29 is 19.3 Å². The van der Waals surface area contributed by atoms with Gasteiger partial charge in [0.15, 0.2) is 17.5 Å². The van der Waals surface area contributed by atoms with Crippen LogP contribution in [0.2, 0.25) is 0 Å². The van der Waals surface area contributed by atoms with E-state index in [1.165, 1.54) is 18.8 Å². The highest BCUT2D eigenvalue weighted by Gasteiger charge is 2.25. The minimum Gasteiger partial charge on any atom is -0.493 e. The largest absolute Gasteiger partial charge is 0.493 e. The molecule has 0 amide bonds. The van der Waals surface area contributed by atoms with Gasteiger partial charge in [0.05, 0.1) is 19.7 Å². The Balaban J connectivity index is 2.54. The third-order valence-corrected chi connectivity index (χ3v) is 3.35. The van der Waals surface area contributed by atoms with E-state index in [2.05, 4.69) is 0 Å². The van der Waals surface area contributed by atoms with E-state index in [1.807, 2.05) is 0 Å². The molecule has 0 spiro atoms. The van der Waals surface area contributed by atoms with E-state index in [0.717, 1.165) is 0 Å². The number of rotatable bonds is 7. The number of nitro groups is 2. The van der Waals surface area contributed by atoms with Crippen molar-refractivity contribution in [3.05, 3.63) is 44.6 Å². The van der Waals surface area contributed by atoms with Gasteiger partial charge in [0.2, 0.25) is 13.1 Å². The molecule has 0 saturated heterocycles. The van der Waals surface area contributed by atoms with E-state index in [-0.39, 0.29) is 0 Å². The average Bonchev–Trinajstić information content (AvgIpc) is 2.88. The molecule has 0 radical (unpaired) electrons. The molecule has 0 aliphatic carbocycles. The summed E-state index contributed by atoms with van der Waals surface area (Å²) in [5.74, 6) is 1.01. The van der Waals surface area contributed by atoms with Gasteiger partial charge >= 0.3 is 0 Å². The van der Waals surface area contributed by atoms with Gasteiger partial charge in [-0.15, -0.1) is 0 Å². The molecule has 0 fully saturated rings. The van der Waals surface area contributed by atoms with Crippen molar-refractivity contribution in [2.24, 2.45) is 0 Å². The van der Waals surface area contributed by atoms with E-state index >= 15 is 0 Å². The lowest BCUT2D eigenvalue weighted by molar-refractivity contribution is -0.520. The summed E-state index contributed by atoms with van der Waals surface area (Å²) < 4.78 is 12.0. The molecular formula is C13H15N3O6. The molecule has 2 rings (SSSR count). The van der Waals surface area contributed by atoms with Crippen LogP contribution in [0.3, 0.4) is 0 Å². The number of hydrogen-bond acceptors (Lipinski definition) is 6. The molecule has 1 aromatic carbocycles. The zero-order valence-electron chi connectivity index (χ0n) is 12.1. The molecule has 2 aromatic rings. The van der Waals surface area contributed by atoms with Gasteiger partial charge in [-0.25, -0.2) is 0 Å². The minimum absolute atomic E-state index is 0.486. The van der Waals surface area contributed by atoms with Gasteiger partial charge in [-0.2, -0.15) is 0 Å². The van der Waals surface area contributed by atoms with E-state index in [1.54, 1.807) is 24.4 Å². The first kappa shape index (κ1) is 15.5. The highest BCUT2D eigenvalue weighted by Crippen LogP contribution is 2.36. The van der Waals surface area contributed by atoms with Crippen molar-refractivity contribution in [3.63, 3.8) is 0 Å². The molecule has 0 saturated carbocycles. The zero-order chi connectivity index (χ0) is 16.3. The summed E-state index contributed by atoms with van der Waals surface area (Å²) in [5, 5.41) is 22.2. The lowest BCUT2D eigenvalue weighted by Crippen LogP contribution is -2.25. The van der Waals surface area contributed by atoms with Crippen LogP contribution in [0.25, 0.3) is 10.9 Å². The van der Waals surface area contributed by atoms with Crippen LogP contribution < -0.4 is 9.47 Å². The first-order valence-corrected chi connectivity index (χ1v) is 6.43. The third kappa shape index (κ3) is 2.92. The Kier molecular flexibility index (Phi) is 4.44. The SMILES string of the molecule is COc1ccc2c(ccn2C(C[N+](=O)[O-])C[N+](=O)[O-])c1OC. The molecule has 22 heavy (non-hydrogen) atoms. The number of fused-ring (bicyclic) bond motifs is 1. The van der Waals surface area contributed by atoms with Crippen LogP contribution in [0.4, 0.5) is 0 Å². The summed E-state index contributed by atoms with van der Waals surface area (Å²) in [7, 11) is 2.99. The second-order valence-corrected chi connectivity index (χ2v) is 4.64. The Morgan fingerprint density at radius 1 is 1.09 bits per heavy atom. The quantitative estimate of drug-likeness (QED) is 0.569. The molecule has 0 aliphatic rings. The van der Waals surface area contributed by atoms with E-state index in [0.29, 0.717) is 22.4 Å². The molecular weight excluding hydrogens is 294 g/mol. The van der Waals surface area contributed by atoms with Crippen LogP contribution in [0.15, 0.2) is 24.4 Å². The smallest absolute Gasteiger partial charge is 0.230 e.